The quantitative estimate of drug-likeness (QED) is 0.873. The molecular weight excluding hydrogens is 276 g/mol. The van der Waals surface area contributed by atoms with Gasteiger partial charge in [-0.25, -0.2) is 0 Å². The number of nitrogens with zero attached hydrogens (tertiary/aromatic N) is 4. The molecule has 0 bridgehead atoms. The Balaban J connectivity index is 2.14. The lowest BCUT2D eigenvalue weighted by Gasteiger charge is -2.20. The fraction of sp³-hybridized carbons (Fsp3) is 0.231. The standard InChI is InChI=1S/C13H12N4O2S/c14-7-10-2-1-3-11(6-10)8-17(5-4-12(18)19)13-16-15-9-20-13/h1-3,6,9H,4-5,8H2,(H,18,19). The molecule has 7 heteroatoms. The average Bonchev–Trinajstić information content (AvgIpc) is 2.97. The molecule has 0 atom stereocenters. The summed E-state index contributed by atoms with van der Waals surface area (Å²) in [6.45, 7) is 0.847. The van der Waals surface area contributed by atoms with Crippen LogP contribution in [0.1, 0.15) is 17.5 Å². The van der Waals surface area contributed by atoms with Gasteiger partial charge in [0.15, 0.2) is 0 Å². The molecule has 20 heavy (non-hydrogen) atoms. The lowest BCUT2D eigenvalue weighted by molar-refractivity contribution is -0.136. The van der Waals surface area contributed by atoms with Crippen LogP contribution in [0.5, 0.6) is 0 Å². The summed E-state index contributed by atoms with van der Waals surface area (Å²) in [5, 5.41) is 26.1. The third-order valence-electron chi connectivity index (χ3n) is 2.64. The predicted octanol–water partition coefficient (Wildman–Crippen LogP) is 1.89. The molecule has 0 amide bonds. The first-order valence-corrected chi connectivity index (χ1v) is 6.79. The summed E-state index contributed by atoms with van der Waals surface area (Å²) in [6.07, 6.45) is 0.0253. The molecule has 1 aromatic heterocycles. The zero-order chi connectivity index (χ0) is 14.4. The fourth-order valence-corrected chi connectivity index (χ4v) is 2.33. The number of rotatable bonds is 6. The van der Waals surface area contributed by atoms with E-state index in [2.05, 4.69) is 16.3 Å². The van der Waals surface area contributed by atoms with Crippen molar-refractivity contribution in [2.75, 3.05) is 11.4 Å². The smallest absolute Gasteiger partial charge is 0.305 e. The highest BCUT2D eigenvalue weighted by Gasteiger charge is 2.12. The van der Waals surface area contributed by atoms with Gasteiger partial charge in [0.2, 0.25) is 5.13 Å². The third kappa shape index (κ3) is 3.76. The first kappa shape index (κ1) is 14.0. The molecule has 0 saturated carbocycles. The number of nitriles is 1. The fourth-order valence-electron chi connectivity index (χ4n) is 1.74. The van der Waals surface area contributed by atoms with Crippen molar-refractivity contribution >= 4 is 22.4 Å². The molecular formula is C13H12N4O2S. The van der Waals surface area contributed by atoms with Crippen LogP contribution in [0.3, 0.4) is 0 Å². The predicted molar refractivity (Wildman–Crippen MR) is 74.4 cm³/mol. The number of benzene rings is 1. The second-order valence-corrected chi connectivity index (χ2v) is 4.91. The Kier molecular flexibility index (Phi) is 4.63. The SMILES string of the molecule is N#Cc1cccc(CN(CCC(=O)O)c2nncs2)c1. The second-order valence-electron chi connectivity index (χ2n) is 4.10. The molecule has 102 valence electrons. The van der Waals surface area contributed by atoms with Crippen LogP contribution in [-0.4, -0.2) is 27.8 Å². The number of carboxylic acids is 1. The Morgan fingerprint density at radius 1 is 1.50 bits per heavy atom. The number of aromatic nitrogens is 2. The first-order valence-electron chi connectivity index (χ1n) is 5.91. The molecule has 0 saturated heterocycles. The van der Waals surface area contributed by atoms with Gasteiger partial charge < -0.3 is 10.0 Å². The Bertz CT molecular complexity index is 622. The van der Waals surface area contributed by atoms with Crippen LogP contribution in [-0.2, 0) is 11.3 Å². The highest BCUT2D eigenvalue weighted by Crippen LogP contribution is 2.19. The van der Waals surface area contributed by atoms with E-state index in [1.807, 2.05) is 17.0 Å². The van der Waals surface area contributed by atoms with Crippen LogP contribution in [0.2, 0.25) is 0 Å². The topological polar surface area (TPSA) is 90.1 Å². The Labute approximate surface area is 119 Å². The van der Waals surface area contributed by atoms with E-state index in [4.69, 9.17) is 10.4 Å². The zero-order valence-corrected chi connectivity index (χ0v) is 11.4. The maximum atomic E-state index is 10.7. The maximum Gasteiger partial charge on any atom is 0.305 e. The highest BCUT2D eigenvalue weighted by atomic mass is 32.1. The normalized spacial score (nSPS) is 9.95. The van der Waals surface area contributed by atoms with Crippen molar-refractivity contribution in [3.8, 4) is 6.07 Å². The van der Waals surface area contributed by atoms with Crippen LogP contribution < -0.4 is 4.90 Å². The summed E-state index contributed by atoms with van der Waals surface area (Å²) >= 11 is 1.36. The molecule has 0 aliphatic rings. The first-order chi connectivity index (χ1) is 9.69. The third-order valence-corrected chi connectivity index (χ3v) is 3.39. The van der Waals surface area contributed by atoms with Crippen LogP contribution in [0.15, 0.2) is 29.8 Å². The van der Waals surface area contributed by atoms with Gasteiger partial charge in [0, 0.05) is 13.1 Å². The second kappa shape index (κ2) is 6.63. The minimum atomic E-state index is -0.856. The van der Waals surface area contributed by atoms with Crippen LogP contribution in [0.25, 0.3) is 0 Å². The van der Waals surface area contributed by atoms with Crippen molar-refractivity contribution in [2.45, 2.75) is 13.0 Å². The van der Waals surface area contributed by atoms with Crippen molar-refractivity contribution in [3.05, 3.63) is 40.9 Å². The lowest BCUT2D eigenvalue weighted by atomic mass is 10.1. The van der Waals surface area contributed by atoms with Crippen molar-refractivity contribution < 1.29 is 9.90 Å². The van der Waals surface area contributed by atoms with Gasteiger partial charge in [0.1, 0.15) is 5.51 Å². The van der Waals surface area contributed by atoms with Crippen LogP contribution in [0.4, 0.5) is 5.13 Å². The van der Waals surface area contributed by atoms with E-state index in [9.17, 15) is 4.79 Å². The van der Waals surface area contributed by atoms with Crippen LogP contribution in [0, 0.1) is 11.3 Å². The number of hydrogen-bond donors (Lipinski definition) is 1. The summed E-state index contributed by atoms with van der Waals surface area (Å²) < 4.78 is 0. The van der Waals surface area contributed by atoms with E-state index in [1.165, 1.54) is 11.3 Å². The van der Waals surface area contributed by atoms with E-state index in [0.29, 0.717) is 23.8 Å². The number of hydrogen-bond acceptors (Lipinski definition) is 6. The van der Waals surface area contributed by atoms with Gasteiger partial charge in [-0.1, -0.05) is 23.5 Å². The molecule has 1 aromatic carbocycles. The molecule has 0 fully saturated rings. The maximum absolute atomic E-state index is 10.7. The summed E-state index contributed by atoms with van der Waals surface area (Å²) in [5.41, 5.74) is 3.12. The molecule has 0 aliphatic carbocycles. The lowest BCUT2D eigenvalue weighted by Crippen LogP contribution is -2.25. The monoisotopic (exact) mass is 288 g/mol. The Morgan fingerprint density at radius 3 is 3.00 bits per heavy atom. The van der Waals surface area contributed by atoms with E-state index in [-0.39, 0.29) is 6.42 Å². The van der Waals surface area contributed by atoms with E-state index in [0.717, 1.165) is 5.56 Å². The summed E-state index contributed by atoms with van der Waals surface area (Å²) in [4.78, 5) is 12.6. The number of anilines is 1. The van der Waals surface area contributed by atoms with Gasteiger partial charge in [0.25, 0.3) is 0 Å². The van der Waals surface area contributed by atoms with Crippen molar-refractivity contribution in [3.63, 3.8) is 0 Å². The van der Waals surface area contributed by atoms with Crippen molar-refractivity contribution in [2.24, 2.45) is 0 Å². The molecule has 0 radical (unpaired) electrons. The molecule has 2 aromatic rings. The number of aliphatic carboxylic acids is 1. The van der Waals surface area contributed by atoms with Gasteiger partial charge in [-0.15, -0.1) is 10.2 Å². The average molecular weight is 288 g/mol. The minimum Gasteiger partial charge on any atom is -0.481 e. The van der Waals surface area contributed by atoms with E-state index >= 15 is 0 Å². The summed E-state index contributed by atoms with van der Waals surface area (Å²) in [7, 11) is 0. The van der Waals surface area contributed by atoms with Gasteiger partial charge in [-0.3, -0.25) is 4.79 Å². The van der Waals surface area contributed by atoms with E-state index in [1.54, 1.807) is 17.6 Å². The van der Waals surface area contributed by atoms with E-state index < -0.39 is 5.97 Å². The van der Waals surface area contributed by atoms with Gasteiger partial charge in [-0.2, -0.15) is 5.26 Å². The number of carboxylic acid groups (broad SMARTS) is 1. The molecule has 0 unspecified atom stereocenters. The molecule has 1 heterocycles. The Morgan fingerprint density at radius 2 is 2.35 bits per heavy atom. The van der Waals surface area contributed by atoms with Gasteiger partial charge in [0.05, 0.1) is 18.1 Å². The number of carbonyl (C=O) groups is 1. The Hall–Kier alpha value is -2.46. The largest absolute Gasteiger partial charge is 0.481 e. The molecule has 6 nitrogen and oxygen atoms in total. The molecule has 2 rings (SSSR count). The highest BCUT2D eigenvalue weighted by molar-refractivity contribution is 7.13. The molecule has 1 N–H and O–H groups in total. The summed E-state index contributed by atoms with van der Waals surface area (Å²) in [5.74, 6) is -0.856. The van der Waals surface area contributed by atoms with Crippen molar-refractivity contribution in [1.82, 2.24) is 10.2 Å². The molecule has 0 aliphatic heterocycles. The molecule has 0 spiro atoms. The minimum absolute atomic E-state index is 0.0253. The summed E-state index contributed by atoms with van der Waals surface area (Å²) in [6, 6.07) is 9.31. The van der Waals surface area contributed by atoms with Gasteiger partial charge >= 0.3 is 5.97 Å². The van der Waals surface area contributed by atoms with Gasteiger partial charge in [-0.05, 0) is 17.7 Å². The van der Waals surface area contributed by atoms with Crippen molar-refractivity contribution in [1.29, 1.82) is 5.26 Å². The zero-order valence-electron chi connectivity index (χ0n) is 10.6. The van der Waals surface area contributed by atoms with Crippen LogP contribution >= 0.6 is 11.3 Å².